The molecule has 1 unspecified atom stereocenters. The van der Waals surface area contributed by atoms with Crippen molar-refractivity contribution in [1.82, 2.24) is 4.72 Å². The molecule has 6 heteroatoms. The number of nitrogen functional groups attached to an aromatic ring is 1. The number of anilines is 1. The molecule has 0 saturated heterocycles. The molecular weight excluding hydrogens is 264 g/mol. The summed E-state index contributed by atoms with van der Waals surface area (Å²) in [6.45, 7) is 3.56. The van der Waals surface area contributed by atoms with Gasteiger partial charge in [0.15, 0.2) is 0 Å². The fraction of sp³-hybridized carbons (Fsp3) is 0.231. The van der Waals surface area contributed by atoms with Gasteiger partial charge in [0.05, 0.1) is 18.0 Å². The molecule has 0 fully saturated rings. The Labute approximate surface area is 112 Å². The Hall–Kier alpha value is -1.79. The van der Waals surface area contributed by atoms with Gasteiger partial charge >= 0.3 is 0 Å². The van der Waals surface area contributed by atoms with E-state index in [-0.39, 0.29) is 10.6 Å². The van der Waals surface area contributed by atoms with Crippen molar-refractivity contribution >= 4 is 15.7 Å². The molecule has 0 aliphatic rings. The minimum absolute atomic E-state index is 0.0801. The van der Waals surface area contributed by atoms with Gasteiger partial charge in [-0.15, -0.1) is 0 Å². The molecule has 1 aromatic heterocycles. The summed E-state index contributed by atoms with van der Waals surface area (Å²) in [6, 6.07) is 7.81. The number of aryl methyl sites for hydroxylation is 1. The Bertz CT molecular complexity index is 663. The smallest absolute Gasteiger partial charge is 0.243 e. The summed E-state index contributed by atoms with van der Waals surface area (Å²) < 4.78 is 32.2. The molecule has 0 bridgehead atoms. The van der Waals surface area contributed by atoms with E-state index in [0.717, 1.165) is 5.56 Å². The molecule has 0 aliphatic heterocycles. The minimum Gasteiger partial charge on any atom is -0.468 e. The van der Waals surface area contributed by atoms with Crippen molar-refractivity contribution in [2.75, 3.05) is 5.73 Å². The maximum atomic E-state index is 12.2. The van der Waals surface area contributed by atoms with Gasteiger partial charge in [-0.3, -0.25) is 0 Å². The summed E-state index contributed by atoms with van der Waals surface area (Å²) in [5, 5.41) is 0. The van der Waals surface area contributed by atoms with Crippen LogP contribution in [0.1, 0.15) is 24.3 Å². The van der Waals surface area contributed by atoms with E-state index in [9.17, 15) is 8.42 Å². The van der Waals surface area contributed by atoms with Crippen LogP contribution in [0.15, 0.2) is 45.9 Å². The second kappa shape index (κ2) is 5.07. The van der Waals surface area contributed by atoms with Crippen LogP contribution in [0.3, 0.4) is 0 Å². The lowest BCUT2D eigenvalue weighted by Crippen LogP contribution is -2.27. The number of nitrogens with one attached hydrogen (secondary N) is 1. The molecule has 0 saturated carbocycles. The summed E-state index contributed by atoms with van der Waals surface area (Å²) in [5.74, 6) is 0.550. The molecule has 2 rings (SSSR count). The van der Waals surface area contributed by atoms with Crippen molar-refractivity contribution in [3.05, 3.63) is 47.9 Å². The lowest BCUT2D eigenvalue weighted by molar-refractivity contribution is 0.459. The fourth-order valence-corrected chi connectivity index (χ4v) is 3.13. The van der Waals surface area contributed by atoms with Gasteiger partial charge in [-0.2, -0.15) is 0 Å². The molecule has 19 heavy (non-hydrogen) atoms. The van der Waals surface area contributed by atoms with Crippen molar-refractivity contribution in [1.29, 1.82) is 0 Å². The van der Waals surface area contributed by atoms with E-state index in [1.54, 1.807) is 31.2 Å². The van der Waals surface area contributed by atoms with E-state index in [0.29, 0.717) is 5.76 Å². The summed E-state index contributed by atoms with van der Waals surface area (Å²) >= 11 is 0. The highest BCUT2D eigenvalue weighted by Crippen LogP contribution is 2.22. The van der Waals surface area contributed by atoms with Crippen LogP contribution in [0.2, 0.25) is 0 Å². The van der Waals surface area contributed by atoms with Crippen molar-refractivity contribution in [2.24, 2.45) is 0 Å². The maximum absolute atomic E-state index is 12.2. The van der Waals surface area contributed by atoms with Gasteiger partial charge in [-0.05, 0) is 43.7 Å². The molecule has 5 nitrogen and oxygen atoms in total. The molecular formula is C13H16N2O3S. The van der Waals surface area contributed by atoms with E-state index in [1.165, 1.54) is 12.3 Å². The summed E-state index contributed by atoms with van der Waals surface area (Å²) in [5.41, 5.74) is 6.91. The first-order valence-corrected chi connectivity index (χ1v) is 7.30. The summed E-state index contributed by atoms with van der Waals surface area (Å²) in [4.78, 5) is 0.0801. The van der Waals surface area contributed by atoms with Gasteiger partial charge < -0.3 is 10.2 Å². The fourth-order valence-electron chi connectivity index (χ4n) is 1.80. The predicted octanol–water partition coefficient (Wildman–Crippen LogP) is 2.21. The number of furan rings is 1. The average molecular weight is 280 g/mol. The monoisotopic (exact) mass is 280 g/mol. The van der Waals surface area contributed by atoms with Gasteiger partial charge in [0.25, 0.3) is 0 Å². The topological polar surface area (TPSA) is 85.3 Å². The molecule has 0 amide bonds. The largest absolute Gasteiger partial charge is 0.468 e. The predicted molar refractivity (Wildman–Crippen MR) is 73.0 cm³/mol. The quantitative estimate of drug-likeness (QED) is 0.841. The summed E-state index contributed by atoms with van der Waals surface area (Å²) in [6.07, 6.45) is 1.50. The maximum Gasteiger partial charge on any atom is 0.243 e. The van der Waals surface area contributed by atoms with Crippen molar-refractivity contribution in [3.8, 4) is 0 Å². The molecule has 1 atom stereocenters. The Kier molecular flexibility index (Phi) is 3.64. The second-order valence-electron chi connectivity index (χ2n) is 4.40. The van der Waals surface area contributed by atoms with Crippen molar-refractivity contribution < 1.29 is 12.8 Å². The zero-order chi connectivity index (χ0) is 14.0. The lowest BCUT2D eigenvalue weighted by Gasteiger charge is -2.13. The highest BCUT2D eigenvalue weighted by Gasteiger charge is 2.21. The van der Waals surface area contributed by atoms with Gasteiger partial charge in [0.2, 0.25) is 10.0 Å². The molecule has 1 aromatic carbocycles. The number of sulfonamides is 1. The average Bonchev–Trinajstić information content (AvgIpc) is 2.80. The zero-order valence-electron chi connectivity index (χ0n) is 10.8. The summed E-state index contributed by atoms with van der Waals surface area (Å²) in [7, 11) is -3.67. The van der Waals surface area contributed by atoms with Crippen LogP contribution < -0.4 is 10.5 Å². The van der Waals surface area contributed by atoms with Gasteiger partial charge in [0, 0.05) is 0 Å². The third-order valence-corrected chi connectivity index (χ3v) is 4.37. The Morgan fingerprint density at radius 3 is 2.63 bits per heavy atom. The van der Waals surface area contributed by atoms with Crippen molar-refractivity contribution in [3.63, 3.8) is 0 Å². The minimum atomic E-state index is -3.67. The first-order chi connectivity index (χ1) is 8.90. The van der Waals surface area contributed by atoms with Crippen LogP contribution >= 0.6 is 0 Å². The van der Waals surface area contributed by atoms with E-state index in [1.807, 2.05) is 6.92 Å². The Morgan fingerprint density at radius 2 is 2.05 bits per heavy atom. The molecule has 3 N–H and O–H groups in total. The SMILES string of the molecule is Cc1ccc(S(=O)(=O)NC(C)c2ccco2)c(N)c1. The van der Waals surface area contributed by atoms with Gasteiger partial charge in [-0.25, -0.2) is 13.1 Å². The normalized spacial score (nSPS) is 13.4. The molecule has 2 aromatic rings. The van der Waals surface area contributed by atoms with E-state index in [4.69, 9.17) is 10.2 Å². The van der Waals surface area contributed by atoms with Crippen LogP contribution in [0.5, 0.6) is 0 Å². The first kappa shape index (κ1) is 13.6. The molecule has 0 radical (unpaired) electrons. The Balaban J connectivity index is 2.28. The van der Waals surface area contributed by atoms with Gasteiger partial charge in [-0.1, -0.05) is 6.07 Å². The van der Waals surface area contributed by atoms with Crippen LogP contribution in [-0.4, -0.2) is 8.42 Å². The number of nitrogens with two attached hydrogens (primary N) is 1. The molecule has 0 spiro atoms. The van der Waals surface area contributed by atoms with Gasteiger partial charge in [0.1, 0.15) is 10.7 Å². The van der Waals surface area contributed by atoms with Crippen LogP contribution in [0.4, 0.5) is 5.69 Å². The van der Waals surface area contributed by atoms with Crippen LogP contribution in [0.25, 0.3) is 0 Å². The number of rotatable bonds is 4. The van der Waals surface area contributed by atoms with E-state index < -0.39 is 16.1 Å². The third-order valence-electron chi connectivity index (χ3n) is 2.76. The highest BCUT2D eigenvalue weighted by molar-refractivity contribution is 7.89. The number of hydrogen-bond donors (Lipinski definition) is 2. The van der Waals surface area contributed by atoms with Crippen molar-refractivity contribution in [2.45, 2.75) is 24.8 Å². The second-order valence-corrected chi connectivity index (χ2v) is 6.08. The molecule has 0 aliphatic carbocycles. The third kappa shape index (κ3) is 2.97. The van der Waals surface area contributed by atoms with E-state index >= 15 is 0 Å². The molecule has 102 valence electrons. The number of hydrogen-bond acceptors (Lipinski definition) is 4. The lowest BCUT2D eigenvalue weighted by atomic mass is 10.2. The van der Waals surface area contributed by atoms with Crippen LogP contribution in [0, 0.1) is 6.92 Å². The highest BCUT2D eigenvalue weighted by atomic mass is 32.2. The number of benzene rings is 1. The van der Waals surface area contributed by atoms with Crippen LogP contribution in [-0.2, 0) is 10.0 Å². The standard InChI is InChI=1S/C13H16N2O3S/c1-9-5-6-13(11(14)8-9)19(16,17)15-10(2)12-4-3-7-18-12/h3-8,10,15H,14H2,1-2H3. The zero-order valence-corrected chi connectivity index (χ0v) is 11.6. The molecule has 1 heterocycles. The van der Waals surface area contributed by atoms with E-state index in [2.05, 4.69) is 4.72 Å². The first-order valence-electron chi connectivity index (χ1n) is 5.82. The Morgan fingerprint density at radius 1 is 1.32 bits per heavy atom.